The molecule has 1 aliphatic carbocycles. The van der Waals surface area contributed by atoms with E-state index in [4.69, 9.17) is 0 Å². The number of carbonyl (C=O) groups excluding carboxylic acids is 2. The molecule has 0 heterocycles. The van der Waals surface area contributed by atoms with E-state index in [1.807, 2.05) is 0 Å². The highest BCUT2D eigenvalue weighted by atomic mass is 19.1. The number of para-hydroxylation sites is 1. The second-order valence-corrected chi connectivity index (χ2v) is 5.75. The Bertz CT molecular complexity index is 527. The Morgan fingerprint density at radius 1 is 1.23 bits per heavy atom. The summed E-state index contributed by atoms with van der Waals surface area (Å²) in [6.07, 6.45) is 5.29. The third-order valence-electron chi connectivity index (χ3n) is 4.13. The number of benzene rings is 1. The van der Waals surface area contributed by atoms with Gasteiger partial charge >= 0.3 is 0 Å². The summed E-state index contributed by atoms with van der Waals surface area (Å²) in [6.45, 7) is 2.01. The van der Waals surface area contributed by atoms with E-state index in [1.165, 1.54) is 24.3 Å². The van der Waals surface area contributed by atoms with Crippen LogP contribution in [0.15, 0.2) is 24.3 Å². The van der Waals surface area contributed by atoms with Gasteiger partial charge in [0.1, 0.15) is 5.82 Å². The lowest BCUT2D eigenvalue weighted by molar-refractivity contribution is -0.126. The van der Waals surface area contributed by atoms with Gasteiger partial charge in [-0.2, -0.15) is 0 Å². The first-order valence-corrected chi connectivity index (χ1v) is 7.90. The van der Waals surface area contributed by atoms with Crippen LogP contribution in [0.3, 0.4) is 0 Å². The van der Waals surface area contributed by atoms with E-state index in [1.54, 1.807) is 18.2 Å². The Labute approximate surface area is 130 Å². The van der Waals surface area contributed by atoms with Crippen LogP contribution in [0.2, 0.25) is 0 Å². The molecule has 1 aromatic carbocycles. The maximum atomic E-state index is 13.8. The fraction of sp³-hybridized carbons (Fsp3) is 0.529. The first kappa shape index (κ1) is 16.5. The highest BCUT2D eigenvalue weighted by Crippen LogP contribution is 2.23. The van der Waals surface area contributed by atoms with Gasteiger partial charge in [-0.3, -0.25) is 9.59 Å². The zero-order valence-corrected chi connectivity index (χ0v) is 13.0. The molecule has 0 saturated heterocycles. The van der Waals surface area contributed by atoms with Crippen LogP contribution in [0.25, 0.3) is 0 Å². The lowest BCUT2D eigenvalue weighted by Gasteiger charge is -2.24. The highest BCUT2D eigenvalue weighted by molar-refractivity contribution is 5.91. The summed E-state index contributed by atoms with van der Waals surface area (Å²) in [7, 11) is 0. The van der Waals surface area contributed by atoms with Gasteiger partial charge in [0.15, 0.2) is 0 Å². The number of amides is 2. The number of hydrogen-bond donors (Lipinski definition) is 1. The predicted octanol–water partition coefficient (Wildman–Crippen LogP) is 2.88. The molecule has 1 aromatic rings. The third kappa shape index (κ3) is 4.29. The predicted molar refractivity (Wildman–Crippen MR) is 84.0 cm³/mol. The Balaban J connectivity index is 1.88. The molecule has 0 aromatic heterocycles. The number of nitrogens with one attached hydrogen (secondary N) is 1. The second-order valence-electron chi connectivity index (χ2n) is 5.75. The molecular weight excluding hydrogens is 283 g/mol. The van der Waals surface area contributed by atoms with E-state index >= 15 is 0 Å². The van der Waals surface area contributed by atoms with Crippen molar-refractivity contribution >= 4 is 17.5 Å². The lowest BCUT2D eigenvalue weighted by atomic mass is 9.89. The number of nitrogens with zero attached hydrogens (tertiary/aromatic N) is 1. The van der Waals surface area contributed by atoms with Crippen molar-refractivity contribution in [2.75, 3.05) is 18.0 Å². The van der Waals surface area contributed by atoms with E-state index in [-0.39, 0.29) is 30.0 Å². The molecular formula is C17H23FN2O2. The Morgan fingerprint density at radius 3 is 2.55 bits per heavy atom. The van der Waals surface area contributed by atoms with Crippen LogP contribution in [-0.4, -0.2) is 24.9 Å². The third-order valence-corrected chi connectivity index (χ3v) is 4.13. The van der Waals surface area contributed by atoms with E-state index < -0.39 is 5.82 Å². The summed E-state index contributed by atoms with van der Waals surface area (Å²) >= 11 is 0. The summed E-state index contributed by atoms with van der Waals surface area (Å²) < 4.78 is 13.8. The molecule has 1 aliphatic rings. The van der Waals surface area contributed by atoms with Crippen molar-refractivity contribution in [2.24, 2.45) is 5.92 Å². The first-order valence-electron chi connectivity index (χ1n) is 7.90. The summed E-state index contributed by atoms with van der Waals surface area (Å²) in [4.78, 5) is 25.1. The zero-order valence-electron chi connectivity index (χ0n) is 13.0. The highest BCUT2D eigenvalue weighted by Gasteiger charge is 2.21. The number of rotatable bonds is 5. The summed E-state index contributed by atoms with van der Waals surface area (Å²) in [5.74, 6) is -0.530. The molecule has 0 atom stereocenters. The van der Waals surface area contributed by atoms with E-state index in [0.29, 0.717) is 6.54 Å². The Kier molecular flexibility index (Phi) is 5.92. The summed E-state index contributed by atoms with van der Waals surface area (Å²) in [5.41, 5.74) is 0.252. The van der Waals surface area contributed by atoms with Crippen LogP contribution >= 0.6 is 0 Å². The average molecular weight is 306 g/mol. The maximum absolute atomic E-state index is 13.8. The van der Waals surface area contributed by atoms with Crippen molar-refractivity contribution in [3.05, 3.63) is 30.1 Å². The quantitative estimate of drug-likeness (QED) is 0.909. The fourth-order valence-corrected chi connectivity index (χ4v) is 2.92. The Morgan fingerprint density at radius 2 is 1.91 bits per heavy atom. The minimum absolute atomic E-state index is 0.0525. The van der Waals surface area contributed by atoms with Gasteiger partial charge in [-0.15, -0.1) is 0 Å². The van der Waals surface area contributed by atoms with E-state index in [9.17, 15) is 14.0 Å². The van der Waals surface area contributed by atoms with Crippen molar-refractivity contribution in [3.63, 3.8) is 0 Å². The van der Waals surface area contributed by atoms with E-state index in [0.717, 1.165) is 25.7 Å². The molecule has 1 fully saturated rings. The molecule has 0 radical (unpaired) electrons. The number of halogens is 1. The van der Waals surface area contributed by atoms with Gasteiger partial charge in [-0.1, -0.05) is 31.4 Å². The van der Waals surface area contributed by atoms with Gasteiger partial charge in [-0.25, -0.2) is 4.39 Å². The van der Waals surface area contributed by atoms with Gasteiger partial charge in [0.05, 0.1) is 5.69 Å². The van der Waals surface area contributed by atoms with E-state index in [2.05, 4.69) is 5.32 Å². The van der Waals surface area contributed by atoms with Crippen LogP contribution in [0.5, 0.6) is 0 Å². The normalized spacial score (nSPS) is 15.4. The molecule has 1 N–H and O–H groups in total. The van der Waals surface area contributed by atoms with Crippen LogP contribution in [0, 0.1) is 11.7 Å². The molecule has 0 unspecified atom stereocenters. The van der Waals surface area contributed by atoms with Crippen LogP contribution in [-0.2, 0) is 9.59 Å². The number of anilines is 1. The summed E-state index contributed by atoms with van der Waals surface area (Å²) in [5, 5.41) is 2.87. The molecule has 2 amide bonds. The van der Waals surface area contributed by atoms with Gasteiger partial charge < -0.3 is 10.2 Å². The monoisotopic (exact) mass is 306 g/mol. The minimum atomic E-state index is -0.434. The van der Waals surface area contributed by atoms with Crippen LogP contribution in [0.1, 0.15) is 39.0 Å². The molecule has 0 aliphatic heterocycles. The average Bonchev–Trinajstić information content (AvgIpc) is 2.53. The van der Waals surface area contributed by atoms with Crippen molar-refractivity contribution in [1.82, 2.24) is 5.32 Å². The minimum Gasteiger partial charge on any atom is -0.354 e. The fourth-order valence-electron chi connectivity index (χ4n) is 2.92. The standard InChI is InChI=1S/C17H23FN2O2/c1-13(21)20(16-10-6-5-9-15(16)18)12-11-19-17(22)14-7-3-2-4-8-14/h5-6,9-10,14H,2-4,7-8,11-12H2,1H3,(H,19,22). The first-order chi connectivity index (χ1) is 10.6. The van der Waals surface area contributed by atoms with Gasteiger partial charge in [0.2, 0.25) is 11.8 Å². The van der Waals surface area contributed by atoms with Crippen LogP contribution < -0.4 is 10.2 Å². The molecule has 22 heavy (non-hydrogen) atoms. The van der Waals surface area contributed by atoms with Crippen molar-refractivity contribution in [3.8, 4) is 0 Å². The van der Waals surface area contributed by atoms with Gasteiger partial charge in [-0.05, 0) is 25.0 Å². The largest absolute Gasteiger partial charge is 0.354 e. The van der Waals surface area contributed by atoms with Crippen LogP contribution in [0.4, 0.5) is 10.1 Å². The molecule has 2 rings (SSSR count). The van der Waals surface area contributed by atoms with Crippen molar-refractivity contribution < 1.29 is 14.0 Å². The smallest absolute Gasteiger partial charge is 0.224 e. The lowest BCUT2D eigenvalue weighted by Crippen LogP contribution is -2.40. The van der Waals surface area contributed by atoms with Crippen molar-refractivity contribution in [2.45, 2.75) is 39.0 Å². The number of hydrogen-bond acceptors (Lipinski definition) is 2. The van der Waals surface area contributed by atoms with Crippen molar-refractivity contribution in [1.29, 1.82) is 0 Å². The molecule has 120 valence electrons. The zero-order chi connectivity index (χ0) is 15.9. The molecule has 4 nitrogen and oxygen atoms in total. The second kappa shape index (κ2) is 7.92. The van der Waals surface area contributed by atoms with Gasteiger partial charge in [0.25, 0.3) is 0 Å². The van der Waals surface area contributed by atoms with Gasteiger partial charge in [0, 0.05) is 25.9 Å². The topological polar surface area (TPSA) is 49.4 Å². The SMILES string of the molecule is CC(=O)N(CCNC(=O)C1CCCCC1)c1ccccc1F. The maximum Gasteiger partial charge on any atom is 0.224 e. The molecule has 5 heteroatoms. The molecule has 0 spiro atoms. The molecule has 0 bridgehead atoms. The number of carbonyl (C=O) groups is 2. The Hall–Kier alpha value is -1.91. The summed E-state index contributed by atoms with van der Waals surface area (Å²) in [6, 6.07) is 6.17. The molecule has 1 saturated carbocycles.